The largest absolute Gasteiger partial charge is 0.361 e. The van der Waals surface area contributed by atoms with Crippen LogP contribution in [0.25, 0.3) is 0 Å². The Bertz CT molecular complexity index is 846. The lowest BCUT2D eigenvalue weighted by atomic mass is 10.0. The number of benzene rings is 2. The van der Waals surface area contributed by atoms with Gasteiger partial charge in [0, 0.05) is 30.1 Å². The van der Waals surface area contributed by atoms with Crippen LogP contribution in [-0.4, -0.2) is 25.9 Å². The third-order valence-corrected chi connectivity index (χ3v) is 4.18. The van der Waals surface area contributed by atoms with E-state index in [1.165, 1.54) is 4.90 Å². The number of carbonyl (C=O) groups excluding carboxylic acids is 1. The Morgan fingerprint density at radius 2 is 1.83 bits per heavy atom. The highest BCUT2D eigenvalue weighted by atomic mass is 16.3. The van der Waals surface area contributed by atoms with Gasteiger partial charge in [-0.15, -0.1) is 0 Å². The Kier molecular flexibility index (Phi) is 3.02. The zero-order valence-electron chi connectivity index (χ0n) is 12.3. The molecule has 3 aromatic rings. The number of aromatic nitrogens is 2. The normalized spacial score (nSPS) is 19.9. The van der Waals surface area contributed by atoms with Crippen molar-refractivity contribution in [2.24, 2.45) is 0 Å². The summed E-state index contributed by atoms with van der Waals surface area (Å²) in [6.07, 6.45) is 3.21. The Morgan fingerprint density at radius 3 is 2.57 bits per heavy atom. The molecule has 2 heterocycles. The third kappa shape index (κ3) is 1.98. The second kappa shape index (κ2) is 5.07. The average molecular weight is 305 g/mol. The van der Waals surface area contributed by atoms with Crippen LogP contribution in [0.2, 0.25) is 0 Å². The van der Waals surface area contributed by atoms with E-state index in [0.29, 0.717) is 23.5 Å². The van der Waals surface area contributed by atoms with Gasteiger partial charge in [0.25, 0.3) is 5.91 Å². The first kappa shape index (κ1) is 13.7. The molecule has 0 spiro atoms. The van der Waals surface area contributed by atoms with Crippen molar-refractivity contribution in [2.45, 2.75) is 12.3 Å². The number of nitrogens with zero attached hydrogens (tertiary/aromatic N) is 2. The lowest BCUT2D eigenvalue weighted by molar-refractivity contribution is -0.0601. The molecule has 1 atom stereocenters. The number of nitrogens with one attached hydrogen (secondary N) is 1. The van der Waals surface area contributed by atoms with Gasteiger partial charge in [-0.2, -0.15) is 0 Å². The Labute approximate surface area is 133 Å². The monoisotopic (exact) mass is 305 g/mol. The van der Waals surface area contributed by atoms with Crippen molar-refractivity contribution >= 4 is 5.91 Å². The summed E-state index contributed by atoms with van der Waals surface area (Å²) in [5.74, 6) is 0.134. The number of carbonyl (C=O) groups is 1. The number of aliphatic hydroxyl groups is 1. The van der Waals surface area contributed by atoms with E-state index < -0.39 is 5.72 Å². The fraction of sp³-hybridized carbons (Fsp3) is 0.111. The molecule has 0 bridgehead atoms. The molecule has 5 nitrogen and oxygen atoms in total. The summed E-state index contributed by atoms with van der Waals surface area (Å²) in [5, 5.41) is 11.4. The molecule has 0 fully saturated rings. The molecular weight excluding hydrogens is 290 g/mol. The van der Waals surface area contributed by atoms with Crippen LogP contribution in [-0.2, 0) is 12.3 Å². The van der Waals surface area contributed by atoms with E-state index in [-0.39, 0.29) is 5.91 Å². The maximum atomic E-state index is 12.8. The maximum Gasteiger partial charge on any atom is 0.257 e. The van der Waals surface area contributed by atoms with E-state index in [9.17, 15) is 9.90 Å². The van der Waals surface area contributed by atoms with Crippen molar-refractivity contribution in [1.82, 2.24) is 14.9 Å². The zero-order valence-corrected chi connectivity index (χ0v) is 12.3. The minimum Gasteiger partial charge on any atom is -0.361 e. The summed E-state index contributed by atoms with van der Waals surface area (Å²) in [5.41, 5.74) is 0.407. The number of aromatic amines is 1. The number of imidazole rings is 1. The van der Waals surface area contributed by atoms with Gasteiger partial charge in [0.05, 0.1) is 0 Å². The van der Waals surface area contributed by atoms with Gasteiger partial charge in [0.1, 0.15) is 0 Å². The molecule has 2 aromatic carbocycles. The van der Waals surface area contributed by atoms with E-state index in [1.807, 2.05) is 36.4 Å². The molecule has 1 aromatic heterocycles. The predicted molar refractivity (Wildman–Crippen MR) is 84.3 cm³/mol. The summed E-state index contributed by atoms with van der Waals surface area (Å²) in [6.45, 7) is 0.297. The fourth-order valence-electron chi connectivity index (χ4n) is 3.07. The third-order valence-electron chi connectivity index (χ3n) is 4.18. The smallest absolute Gasteiger partial charge is 0.257 e. The van der Waals surface area contributed by atoms with E-state index >= 15 is 0 Å². The Balaban J connectivity index is 1.86. The van der Waals surface area contributed by atoms with Gasteiger partial charge in [0.2, 0.25) is 5.72 Å². The summed E-state index contributed by atoms with van der Waals surface area (Å²) >= 11 is 0. The molecule has 5 heteroatoms. The Morgan fingerprint density at radius 1 is 1.09 bits per heavy atom. The second-order valence-electron chi connectivity index (χ2n) is 5.53. The number of hydrogen-bond acceptors (Lipinski definition) is 3. The van der Waals surface area contributed by atoms with Gasteiger partial charge in [-0.05, 0) is 11.6 Å². The number of H-pyrrole nitrogens is 1. The number of amides is 1. The first-order chi connectivity index (χ1) is 11.2. The van der Waals surface area contributed by atoms with Crippen LogP contribution in [0, 0.1) is 0 Å². The fourth-order valence-corrected chi connectivity index (χ4v) is 3.07. The predicted octanol–water partition coefficient (Wildman–Crippen LogP) is 2.26. The molecule has 2 N–H and O–H groups in total. The van der Waals surface area contributed by atoms with Crippen molar-refractivity contribution in [3.8, 4) is 0 Å². The van der Waals surface area contributed by atoms with Crippen LogP contribution < -0.4 is 0 Å². The van der Waals surface area contributed by atoms with E-state index in [2.05, 4.69) is 9.97 Å². The second-order valence-corrected chi connectivity index (χ2v) is 5.53. The minimum absolute atomic E-state index is 0.205. The molecule has 0 saturated carbocycles. The van der Waals surface area contributed by atoms with Crippen LogP contribution in [0.1, 0.15) is 27.3 Å². The maximum absolute atomic E-state index is 12.8. The van der Waals surface area contributed by atoms with Crippen LogP contribution in [0.4, 0.5) is 0 Å². The molecule has 114 valence electrons. The van der Waals surface area contributed by atoms with Gasteiger partial charge >= 0.3 is 0 Å². The highest BCUT2D eigenvalue weighted by Crippen LogP contribution is 2.41. The Hall–Kier alpha value is -2.92. The van der Waals surface area contributed by atoms with Crippen molar-refractivity contribution in [3.63, 3.8) is 0 Å². The molecule has 0 unspecified atom stereocenters. The van der Waals surface area contributed by atoms with E-state index in [0.717, 1.165) is 5.56 Å². The van der Waals surface area contributed by atoms with Crippen LogP contribution >= 0.6 is 0 Å². The van der Waals surface area contributed by atoms with Crippen LogP contribution in [0.3, 0.4) is 0 Å². The standard InChI is InChI=1S/C18H15N3O2/c22-16-14-8-4-5-9-15(14)18(23,17-19-10-11-20-17)21(16)12-13-6-2-1-3-7-13/h1-11,23H,12H2,(H,19,20)/t18-/m1/s1. The first-order valence-electron chi connectivity index (χ1n) is 7.39. The summed E-state index contributed by atoms with van der Waals surface area (Å²) in [7, 11) is 0. The van der Waals surface area contributed by atoms with E-state index in [1.54, 1.807) is 30.6 Å². The SMILES string of the molecule is O=C1c2ccccc2[C@@](O)(c2ncc[nH]2)N1Cc1ccccc1. The van der Waals surface area contributed by atoms with Gasteiger partial charge in [-0.1, -0.05) is 48.5 Å². The van der Waals surface area contributed by atoms with Crippen molar-refractivity contribution in [1.29, 1.82) is 0 Å². The first-order valence-corrected chi connectivity index (χ1v) is 7.39. The summed E-state index contributed by atoms with van der Waals surface area (Å²) < 4.78 is 0. The van der Waals surface area contributed by atoms with Crippen LogP contribution in [0.15, 0.2) is 67.0 Å². The molecule has 4 rings (SSSR count). The number of fused-ring (bicyclic) bond motifs is 1. The summed E-state index contributed by atoms with van der Waals surface area (Å²) in [6, 6.07) is 16.7. The lowest BCUT2D eigenvalue weighted by Gasteiger charge is -2.32. The number of rotatable bonds is 3. The molecule has 1 amide bonds. The molecular formula is C18H15N3O2. The molecule has 0 aliphatic carbocycles. The van der Waals surface area contributed by atoms with Gasteiger partial charge in [-0.3, -0.25) is 9.69 Å². The van der Waals surface area contributed by atoms with Crippen molar-refractivity contribution in [2.75, 3.05) is 0 Å². The van der Waals surface area contributed by atoms with Gasteiger partial charge < -0.3 is 10.1 Å². The quantitative estimate of drug-likeness (QED) is 0.780. The minimum atomic E-state index is -1.59. The highest BCUT2D eigenvalue weighted by Gasteiger charge is 2.51. The van der Waals surface area contributed by atoms with Gasteiger partial charge in [0.15, 0.2) is 5.82 Å². The van der Waals surface area contributed by atoms with E-state index in [4.69, 9.17) is 0 Å². The van der Waals surface area contributed by atoms with Crippen LogP contribution in [0.5, 0.6) is 0 Å². The lowest BCUT2D eigenvalue weighted by Crippen LogP contribution is -2.45. The summed E-state index contributed by atoms with van der Waals surface area (Å²) in [4.78, 5) is 21.4. The zero-order chi connectivity index (χ0) is 15.9. The molecule has 0 radical (unpaired) electrons. The number of hydrogen-bond donors (Lipinski definition) is 2. The van der Waals surface area contributed by atoms with Crippen molar-refractivity contribution < 1.29 is 9.90 Å². The average Bonchev–Trinajstić information content (AvgIpc) is 3.20. The molecule has 0 saturated heterocycles. The molecule has 1 aliphatic rings. The molecule has 1 aliphatic heterocycles. The van der Waals surface area contributed by atoms with Gasteiger partial charge in [-0.25, -0.2) is 4.98 Å². The molecule has 23 heavy (non-hydrogen) atoms. The van der Waals surface area contributed by atoms with Crippen molar-refractivity contribution in [3.05, 3.63) is 89.5 Å². The highest BCUT2D eigenvalue weighted by molar-refractivity contribution is 6.00. The topological polar surface area (TPSA) is 69.2 Å².